The van der Waals surface area contributed by atoms with Crippen LogP contribution in [0.4, 0.5) is 5.69 Å². The van der Waals surface area contributed by atoms with Crippen LogP contribution in [0.2, 0.25) is 0 Å². The first-order valence-corrected chi connectivity index (χ1v) is 14.0. The van der Waals surface area contributed by atoms with E-state index < -0.39 is 5.97 Å². The summed E-state index contributed by atoms with van der Waals surface area (Å²) in [5.74, 6) is -0.606. The van der Waals surface area contributed by atoms with Gasteiger partial charge in [-0.2, -0.15) is 0 Å². The van der Waals surface area contributed by atoms with Crippen molar-refractivity contribution < 1.29 is 19.4 Å². The number of carbonyl (C=O) groups is 2. The Bertz CT molecular complexity index is 1680. The number of ether oxygens (including phenoxy) is 1. The number of carbonyl (C=O) groups excluding carboxylic acids is 1. The summed E-state index contributed by atoms with van der Waals surface area (Å²) in [5.41, 5.74) is 6.85. The van der Waals surface area contributed by atoms with Crippen molar-refractivity contribution in [3.05, 3.63) is 138 Å². The van der Waals surface area contributed by atoms with Gasteiger partial charge in [0.05, 0.1) is 18.3 Å². The van der Waals surface area contributed by atoms with Crippen LogP contribution < -0.4 is 10.1 Å². The van der Waals surface area contributed by atoms with E-state index in [2.05, 4.69) is 82.8 Å². The fraction of sp³-hybridized carbons (Fsp3) is 0.167. The van der Waals surface area contributed by atoms with E-state index in [1.165, 1.54) is 11.1 Å². The number of hydrogen-bond acceptors (Lipinski definition) is 3. The molecule has 0 spiro atoms. The number of rotatable bonds is 11. The van der Waals surface area contributed by atoms with E-state index in [1.54, 1.807) is 12.1 Å². The third-order valence-corrected chi connectivity index (χ3v) is 7.22. The number of anilines is 1. The van der Waals surface area contributed by atoms with E-state index >= 15 is 0 Å². The van der Waals surface area contributed by atoms with Gasteiger partial charge in [-0.3, -0.25) is 9.59 Å². The predicted molar refractivity (Wildman–Crippen MR) is 168 cm³/mol. The van der Waals surface area contributed by atoms with Gasteiger partial charge in [0.1, 0.15) is 5.75 Å². The third-order valence-electron chi connectivity index (χ3n) is 7.22. The molecule has 6 heteroatoms. The number of nitrogens with one attached hydrogen (secondary N) is 1. The molecule has 0 aliphatic heterocycles. The zero-order chi connectivity index (χ0) is 29.5. The number of allylic oxidation sites excluding steroid dienone is 1. The number of carboxylic acids is 1. The number of fused-ring (bicyclic) bond motifs is 1. The molecule has 0 radical (unpaired) electrons. The molecule has 0 aliphatic rings. The van der Waals surface area contributed by atoms with Crippen LogP contribution in [0.5, 0.6) is 5.75 Å². The maximum absolute atomic E-state index is 13.0. The van der Waals surface area contributed by atoms with Gasteiger partial charge >= 0.3 is 5.97 Å². The highest BCUT2D eigenvalue weighted by Crippen LogP contribution is 2.32. The van der Waals surface area contributed by atoms with Crippen LogP contribution in [0.15, 0.2) is 115 Å². The monoisotopic (exact) mass is 558 g/mol. The van der Waals surface area contributed by atoms with Crippen LogP contribution in [-0.2, 0) is 9.59 Å². The lowest BCUT2D eigenvalue weighted by atomic mass is 9.98. The van der Waals surface area contributed by atoms with Crippen LogP contribution >= 0.6 is 0 Å². The Morgan fingerprint density at radius 3 is 2.26 bits per heavy atom. The standard InChI is InChI=1S/C36H34N2O4/c1-25-15-17-31(33(22-25)42-21-9-14-35(40)41)37-34(39)23-26(2)29-16-18-32-30(24-29)19-20-38(32)36(27-10-5-3-6-11-27)28-12-7-4-8-13-28/h3-8,10-13,15-20,22-24,36H,9,14,21H2,1-2H3,(H,37,39)(H,40,41)/b26-23+. The second kappa shape index (κ2) is 13.0. The minimum absolute atomic E-state index is 0.0301. The van der Waals surface area contributed by atoms with Crippen molar-refractivity contribution in [2.45, 2.75) is 32.7 Å². The minimum Gasteiger partial charge on any atom is -0.491 e. The minimum atomic E-state index is -0.862. The predicted octanol–water partition coefficient (Wildman–Crippen LogP) is 7.87. The number of aromatic nitrogens is 1. The fourth-order valence-electron chi connectivity index (χ4n) is 5.13. The lowest BCUT2D eigenvalue weighted by Gasteiger charge is -2.21. The zero-order valence-corrected chi connectivity index (χ0v) is 23.8. The Balaban J connectivity index is 1.36. The molecule has 0 saturated heterocycles. The van der Waals surface area contributed by atoms with Crippen molar-refractivity contribution in [1.82, 2.24) is 4.57 Å². The SMILES string of the molecule is C/C(=C\C(=O)Nc1ccc(C)cc1OCCCC(=O)O)c1ccc2c(ccn2C(c2ccccc2)c2ccccc2)c1. The third kappa shape index (κ3) is 6.78. The number of amides is 1. The highest BCUT2D eigenvalue weighted by Gasteiger charge is 2.18. The van der Waals surface area contributed by atoms with Gasteiger partial charge in [0.25, 0.3) is 0 Å². The van der Waals surface area contributed by atoms with E-state index in [-0.39, 0.29) is 25.0 Å². The first kappa shape index (κ1) is 28.4. The second-order valence-corrected chi connectivity index (χ2v) is 10.4. The van der Waals surface area contributed by atoms with Crippen molar-refractivity contribution in [2.75, 3.05) is 11.9 Å². The topological polar surface area (TPSA) is 80.6 Å². The molecular formula is C36H34N2O4. The van der Waals surface area contributed by atoms with Crippen molar-refractivity contribution in [3.8, 4) is 5.75 Å². The number of aryl methyl sites for hydroxylation is 1. The van der Waals surface area contributed by atoms with Gasteiger partial charge in [-0.1, -0.05) is 72.8 Å². The number of nitrogens with zero attached hydrogens (tertiary/aromatic N) is 1. The van der Waals surface area contributed by atoms with Crippen molar-refractivity contribution >= 4 is 34.0 Å². The van der Waals surface area contributed by atoms with Gasteiger partial charge in [0.15, 0.2) is 0 Å². The molecule has 1 aromatic heterocycles. The summed E-state index contributed by atoms with van der Waals surface area (Å²) < 4.78 is 8.09. The van der Waals surface area contributed by atoms with Crippen molar-refractivity contribution in [3.63, 3.8) is 0 Å². The van der Waals surface area contributed by atoms with Gasteiger partial charge in [-0.25, -0.2) is 0 Å². The highest BCUT2D eigenvalue weighted by atomic mass is 16.5. The van der Waals surface area contributed by atoms with Gasteiger partial charge in [-0.05, 0) is 78.4 Å². The molecule has 5 rings (SSSR count). The molecule has 1 amide bonds. The molecule has 0 saturated carbocycles. The molecule has 6 nitrogen and oxygen atoms in total. The summed E-state index contributed by atoms with van der Waals surface area (Å²) in [7, 11) is 0. The molecule has 0 bridgehead atoms. The van der Waals surface area contributed by atoms with E-state index in [4.69, 9.17) is 9.84 Å². The molecule has 0 atom stereocenters. The molecule has 4 aromatic carbocycles. The number of carboxylic acid groups (broad SMARTS) is 1. The van der Waals surface area contributed by atoms with E-state index in [9.17, 15) is 9.59 Å². The summed E-state index contributed by atoms with van der Waals surface area (Å²) >= 11 is 0. The lowest BCUT2D eigenvalue weighted by Crippen LogP contribution is -2.11. The van der Waals surface area contributed by atoms with Gasteiger partial charge in [0, 0.05) is 29.6 Å². The Morgan fingerprint density at radius 2 is 1.60 bits per heavy atom. The molecule has 5 aromatic rings. The van der Waals surface area contributed by atoms with Gasteiger partial charge in [-0.15, -0.1) is 0 Å². The largest absolute Gasteiger partial charge is 0.491 e. The average molecular weight is 559 g/mol. The van der Waals surface area contributed by atoms with E-state index in [1.807, 2.05) is 44.2 Å². The van der Waals surface area contributed by atoms with Crippen LogP contribution in [0, 0.1) is 6.92 Å². The Labute approximate surface area is 245 Å². The molecule has 0 fully saturated rings. The van der Waals surface area contributed by atoms with E-state index in [0.717, 1.165) is 27.6 Å². The summed E-state index contributed by atoms with van der Waals surface area (Å²) in [6, 6.07) is 34.9. The first-order chi connectivity index (χ1) is 20.4. The average Bonchev–Trinajstić information content (AvgIpc) is 3.40. The van der Waals surface area contributed by atoms with Crippen molar-refractivity contribution in [2.24, 2.45) is 0 Å². The Hall–Kier alpha value is -5.10. The normalized spacial score (nSPS) is 11.5. The number of hydrogen-bond donors (Lipinski definition) is 2. The van der Waals surface area contributed by atoms with Crippen LogP contribution in [0.25, 0.3) is 16.5 Å². The maximum atomic E-state index is 13.0. The summed E-state index contributed by atoms with van der Waals surface area (Å²) in [4.78, 5) is 23.8. The lowest BCUT2D eigenvalue weighted by molar-refractivity contribution is -0.137. The van der Waals surface area contributed by atoms with Gasteiger partial charge < -0.3 is 19.7 Å². The second-order valence-electron chi connectivity index (χ2n) is 10.4. The van der Waals surface area contributed by atoms with Crippen molar-refractivity contribution in [1.29, 1.82) is 0 Å². The maximum Gasteiger partial charge on any atom is 0.303 e. The van der Waals surface area contributed by atoms with Crippen LogP contribution in [0.1, 0.15) is 48.1 Å². The molecule has 212 valence electrons. The summed E-state index contributed by atoms with van der Waals surface area (Å²) in [5, 5.41) is 12.9. The number of benzene rings is 4. The highest BCUT2D eigenvalue weighted by molar-refractivity contribution is 6.05. The number of aliphatic carboxylic acids is 1. The van der Waals surface area contributed by atoms with E-state index in [0.29, 0.717) is 17.9 Å². The summed E-state index contributed by atoms with van der Waals surface area (Å²) in [6.07, 6.45) is 4.13. The quantitative estimate of drug-likeness (QED) is 0.128. The first-order valence-electron chi connectivity index (χ1n) is 14.0. The Kier molecular flexibility index (Phi) is 8.83. The molecular weight excluding hydrogens is 524 g/mol. The van der Waals surface area contributed by atoms with Crippen LogP contribution in [0.3, 0.4) is 0 Å². The molecule has 2 N–H and O–H groups in total. The molecule has 1 heterocycles. The molecule has 42 heavy (non-hydrogen) atoms. The Morgan fingerprint density at radius 1 is 0.905 bits per heavy atom. The summed E-state index contributed by atoms with van der Waals surface area (Å²) in [6.45, 7) is 4.11. The fourth-order valence-corrected chi connectivity index (χ4v) is 5.13. The molecule has 0 unspecified atom stereocenters. The zero-order valence-electron chi connectivity index (χ0n) is 23.8. The smallest absolute Gasteiger partial charge is 0.303 e. The molecule has 0 aliphatic carbocycles. The van der Waals surface area contributed by atoms with Crippen LogP contribution in [-0.4, -0.2) is 28.2 Å². The van der Waals surface area contributed by atoms with Gasteiger partial charge in [0.2, 0.25) is 5.91 Å².